The molecule has 0 aromatic heterocycles. The quantitative estimate of drug-likeness (QED) is 0.228. The molecule has 0 spiro atoms. The van der Waals surface area contributed by atoms with Crippen molar-refractivity contribution in [3.63, 3.8) is 0 Å². The Bertz CT molecular complexity index is 379. The van der Waals surface area contributed by atoms with Crippen LogP contribution in [0.4, 0.5) is 0 Å². The molecule has 0 rings (SSSR count). The van der Waals surface area contributed by atoms with E-state index < -0.39 is 6.10 Å². The monoisotopic (exact) mass is 370 g/mol. The minimum atomic E-state index is -0.761. The van der Waals surface area contributed by atoms with Crippen LogP contribution in [0.25, 0.3) is 0 Å². The number of ether oxygens (including phenoxy) is 2. The highest BCUT2D eigenvalue weighted by atomic mass is 16.6. The fraction of sp³-hybridized carbons (Fsp3) is 0.810. The molecule has 0 aliphatic heterocycles. The van der Waals surface area contributed by atoms with Crippen LogP contribution in [0.15, 0.2) is 12.2 Å². The summed E-state index contributed by atoms with van der Waals surface area (Å²) in [4.78, 5) is 23.0. The van der Waals surface area contributed by atoms with Gasteiger partial charge in [-0.25, -0.2) is 0 Å². The number of aliphatic hydroxyl groups is 1. The summed E-state index contributed by atoms with van der Waals surface area (Å²) in [5.41, 5.74) is 0. The van der Waals surface area contributed by atoms with E-state index in [1.807, 2.05) is 6.92 Å². The molecule has 1 atom stereocenters. The average molecular weight is 371 g/mol. The third kappa shape index (κ3) is 16.1. The predicted molar refractivity (Wildman–Crippen MR) is 104 cm³/mol. The molecule has 0 saturated carbocycles. The van der Waals surface area contributed by atoms with Crippen LogP contribution in [0.1, 0.15) is 90.9 Å². The van der Waals surface area contributed by atoms with Gasteiger partial charge in [0.05, 0.1) is 6.61 Å². The molecule has 26 heavy (non-hydrogen) atoms. The minimum absolute atomic E-state index is 0.0765. The van der Waals surface area contributed by atoms with E-state index in [-0.39, 0.29) is 25.2 Å². The molecule has 0 aliphatic rings. The second-order valence-electron chi connectivity index (χ2n) is 6.65. The lowest BCUT2D eigenvalue weighted by Gasteiger charge is -2.15. The number of esters is 2. The Labute approximate surface area is 159 Å². The first-order chi connectivity index (χ1) is 12.6. The molecule has 0 heterocycles. The first-order valence-corrected chi connectivity index (χ1v) is 10.2. The van der Waals surface area contributed by atoms with Gasteiger partial charge in [0.25, 0.3) is 0 Å². The van der Waals surface area contributed by atoms with E-state index in [1.54, 1.807) is 0 Å². The molecule has 0 radical (unpaired) electrons. The Morgan fingerprint density at radius 1 is 0.846 bits per heavy atom. The van der Waals surface area contributed by atoms with Crippen LogP contribution < -0.4 is 0 Å². The number of hydrogen-bond donors (Lipinski definition) is 1. The van der Waals surface area contributed by atoms with Crippen LogP contribution in [-0.4, -0.2) is 36.4 Å². The number of hydrogen-bond acceptors (Lipinski definition) is 5. The molecule has 5 heteroatoms. The van der Waals surface area contributed by atoms with Crippen molar-refractivity contribution < 1.29 is 24.2 Å². The predicted octanol–water partition coefficient (Wildman–Crippen LogP) is 4.71. The molecular formula is C21H38O5. The maximum absolute atomic E-state index is 11.8. The van der Waals surface area contributed by atoms with Gasteiger partial charge < -0.3 is 14.6 Å². The van der Waals surface area contributed by atoms with Gasteiger partial charge in [-0.3, -0.25) is 9.59 Å². The zero-order chi connectivity index (χ0) is 19.5. The summed E-state index contributed by atoms with van der Waals surface area (Å²) in [7, 11) is 0. The van der Waals surface area contributed by atoms with Crippen LogP contribution in [0.5, 0.6) is 0 Å². The average Bonchev–Trinajstić information content (AvgIpc) is 2.63. The van der Waals surface area contributed by atoms with Gasteiger partial charge in [0.1, 0.15) is 6.61 Å². The van der Waals surface area contributed by atoms with Crippen molar-refractivity contribution >= 4 is 11.9 Å². The van der Waals surface area contributed by atoms with Gasteiger partial charge in [0.15, 0.2) is 6.10 Å². The fourth-order valence-electron chi connectivity index (χ4n) is 2.45. The van der Waals surface area contributed by atoms with E-state index in [1.165, 1.54) is 32.1 Å². The van der Waals surface area contributed by atoms with Gasteiger partial charge in [-0.1, -0.05) is 58.1 Å². The van der Waals surface area contributed by atoms with Crippen LogP contribution in [-0.2, 0) is 19.1 Å². The van der Waals surface area contributed by atoms with E-state index >= 15 is 0 Å². The second kappa shape index (κ2) is 18.4. The zero-order valence-electron chi connectivity index (χ0n) is 16.7. The number of rotatable bonds is 17. The molecule has 5 nitrogen and oxygen atoms in total. The summed E-state index contributed by atoms with van der Waals surface area (Å²) in [6.07, 6.45) is 15.3. The summed E-state index contributed by atoms with van der Waals surface area (Å²) in [5.74, 6) is -0.670. The van der Waals surface area contributed by atoms with E-state index in [0.29, 0.717) is 19.3 Å². The van der Waals surface area contributed by atoms with Crippen LogP contribution in [0, 0.1) is 0 Å². The van der Waals surface area contributed by atoms with Crippen molar-refractivity contribution in [2.75, 3.05) is 13.2 Å². The minimum Gasteiger partial charge on any atom is -0.462 e. The van der Waals surface area contributed by atoms with Crippen molar-refractivity contribution in [3.05, 3.63) is 12.2 Å². The molecule has 0 fully saturated rings. The molecule has 0 saturated heterocycles. The summed E-state index contributed by atoms with van der Waals surface area (Å²) in [5, 5.41) is 9.20. The Kier molecular flexibility index (Phi) is 17.5. The highest BCUT2D eigenvalue weighted by molar-refractivity contribution is 5.70. The molecule has 0 bridgehead atoms. The third-order valence-electron chi connectivity index (χ3n) is 4.03. The Morgan fingerprint density at radius 2 is 1.50 bits per heavy atom. The molecular weight excluding hydrogens is 332 g/mol. The first kappa shape index (κ1) is 24.6. The Morgan fingerprint density at radius 3 is 2.15 bits per heavy atom. The van der Waals surface area contributed by atoms with Crippen molar-refractivity contribution in [1.82, 2.24) is 0 Å². The smallest absolute Gasteiger partial charge is 0.306 e. The molecule has 0 aromatic rings. The van der Waals surface area contributed by atoms with Crippen LogP contribution in [0.3, 0.4) is 0 Å². The van der Waals surface area contributed by atoms with Gasteiger partial charge in [-0.15, -0.1) is 0 Å². The summed E-state index contributed by atoms with van der Waals surface area (Å²) in [6.45, 7) is 3.68. The maximum atomic E-state index is 11.8. The second-order valence-corrected chi connectivity index (χ2v) is 6.65. The normalized spacial score (nSPS) is 12.3. The summed E-state index contributed by atoms with van der Waals surface area (Å²) in [6, 6.07) is 0. The fourth-order valence-corrected chi connectivity index (χ4v) is 2.45. The standard InChI is InChI=1S/C21H38O5/c1-3-5-6-7-8-9-10-11-12-13-14-16-21(24)26-19(17-22)18-25-20(23)15-4-2/h7-8,19,22H,3-6,9-18H2,1-2H3/b8-7-. The Hall–Kier alpha value is -1.36. The topological polar surface area (TPSA) is 72.8 Å². The van der Waals surface area contributed by atoms with Gasteiger partial charge in [0.2, 0.25) is 0 Å². The highest BCUT2D eigenvalue weighted by Crippen LogP contribution is 2.09. The number of allylic oxidation sites excluding steroid dienone is 2. The van der Waals surface area contributed by atoms with Gasteiger partial charge in [-0.05, 0) is 32.1 Å². The highest BCUT2D eigenvalue weighted by Gasteiger charge is 2.15. The van der Waals surface area contributed by atoms with Crippen molar-refractivity contribution in [2.45, 2.75) is 97.0 Å². The molecule has 1 unspecified atom stereocenters. The number of unbranched alkanes of at least 4 members (excludes halogenated alkanes) is 7. The number of carbonyl (C=O) groups excluding carboxylic acids is 2. The summed E-state index contributed by atoms with van der Waals surface area (Å²) < 4.78 is 10.1. The number of carbonyl (C=O) groups is 2. The van der Waals surface area contributed by atoms with Crippen molar-refractivity contribution in [3.8, 4) is 0 Å². The van der Waals surface area contributed by atoms with E-state index in [0.717, 1.165) is 25.7 Å². The lowest BCUT2D eigenvalue weighted by atomic mass is 10.1. The lowest BCUT2D eigenvalue weighted by molar-refractivity contribution is -0.161. The molecule has 0 aliphatic carbocycles. The molecule has 1 N–H and O–H groups in total. The number of aliphatic hydroxyl groups excluding tert-OH is 1. The van der Waals surface area contributed by atoms with Crippen LogP contribution >= 0.6 is 0 Å². The summed E-state index contributed by atoms with van der Waals surface area (Å²) >= 11 is 0. The van der Waals surface area contributed by atoms with E-state index in [4.69, 9.17) is 9.47 Å². The van der Waals surface area contributed by atoms with Crippen molar-refractivity contribution in [1.29, 1.82) is 0 Å². The zero-order valence-corrected chi connectivity index (χ0v) is 16.7. The van der Waals surface area contributed by atoms with E-state index in [9.17, 15) is 14.7 Å². The largest absolute Gasteiger partial charge is 0.462 e. The molecule has 0 amide bonds. The van der Waals surface area contributed by atoms with Crippen molar-refractivity contribution in [2.24, 2.45) is 0 Å². The van der Waals surface area contributed by atoms with E-state index in [2.05, 4.69) is 19.1 Å². The third-order valence-corrected chi connectivity index (χ3v) is 4.03. The van der Waals surface area contributed by atoms with Gasteiger partial charge >= 0.3 is 11.9 Å². The van der Waals surface area contributed by atoms with Crippen LogP contribution in [0.2, 0.25) is 0 Å². The first-order valence-electron chi connectivity index (χ1n) is 10.2. The van der Waals surface area contributed by atoms with Gasteiger partial charge in [0, 0.05) is 12.8 Å². The van der Waals surface area contributed by atoms with Gasteiger partial charge in [-0.2, -0.15) is 0 Å². The lowest BCUT2D eigenvalue weighted by Crippen LogP contribution is -2.28. The SMILES string of the molecule is CCCC/C=C\CCCCCCCC(=O)OC(CO)COC(=O)CCC. The molecule has 152 valence electrons. The molecule has 0 aromatic carbocycles. The Balaban J connectivity index is 3.59. The maximum Gasteiger partial charge on any atom is 0.306 e.